The number of aromatic nitrogens is 1. The number of carbonyl (C=O) groups excluding carboxylic acids is 1. The van der Waals surface area contributed by atoms with Crippen LogP contribution in [-0.2, 0) is 4.79 Å². The van der Waals surface area contributed by atoms with Crippen molar-refractivity contribution in [2.75, 3.05) is 0 Å². The Morgan fingerprint density at radius 1 is 1.41 bits per heavy atom. The van der Waals surface area contributed by atoms with Gasteiger partial charge in [0.1, 0.15) is 0 Å². The highest BCUT2D eigenvalue weighted by Crippen LogP contribution is 2.09. The van der Waals surface area contributed by atoms with E-state index in [0.29, 0.717) is 12.3 Å². The molecule has 0 aliphatic rings. The number of nitrogens with one attached hydrogen (secondary N) is 1. The largest absolute Gasteiger partial charge is 0.348 e. The summed E-state index contributed by atoms with van der Waals surface area (Å²) in [5, 5.41) is 2.90. The highest BCUT2D eigenvalue weighted by Gasteiger charge is 2.15. The van der Waals surface area contributed by atoms with Crippen molar-refractivity contribution < 1.29 is 4.79 Å². The molecule has 1 amide bonds. The van der Waals surface area contributed by atoms with E-state index in [9.17, 15) is 4.79 Å². The number of nitrogens with two attached hydrogens (primary N) is 1. The number of carbonyl (C=O) groups is 1. The number of amides is 1. The molecule has 0 aliphatic heterocycles. The number of pyridine rings is 1. The van der Waals surface area contributed by atoms with Gasteiger partial charge in [-0.2, -0.15) is 0 Å². The topological polar surface area (TPSA) is 68.0 Å². The van der Waals surface area contributed by atoms with Gasteiger partial charge in [0, 0.05) is 18.7 Å². The van der Waals surface area contributed by atoms with E-state index in [2.05, 4.69) is 10.3 Å². The van der Waals surface area contributed by atoms with Gasteiger partial charge in [0.25, 0.3) is 0 Å². The third-order valence-electron chi connectivity index (χ3n) is 2.79. The van der Waals surface area contributed by atoms with E-state index in [1.165, 1.54) is 0 Å². The van der Waals surface area contributed by atoms with Crippen molar-refractivity contribution in [1.29, 1.82) is 0 Å². The van der Waals surface area contributed by atoms with E-state index in [1.54, 1.807) is 6.20 Å². The van der Waals surface area contributed by atoms with Gasteiger partial charge in [0.15, 0.2) is 0 Å². The van der Waals surface area contributed by atoms with Gasteiger partial charge in [-0.1, -0.05) is 19.9 Å². The van der Waals surface area contributed by atoms with Crippen LogP contribution in [0.5, 0.6) is 0 Å². The Balaban J connectivity index is 2.47. The van der Waals surface area contributed by atoms with Crippen LogP contribution in [0.25, 0.3) is 0 Å². The molecule has 2 atom stereocenters. The second-order valence-corrected chi connectivity index (χ2v) is 4.66. The second-order valence-electron chi connectivity index (χ2n) is 4.66. The second kappa shape index (κ2) is 6.35. The maximum absolute atomic E-state index is 11.7. The Bertz CT molecular complexity index is 351. The van der Waals surface area contributed by atoms with Crippen LogP contribution in [0.15, 0.2) is 24.4 Å². The van der Waals surface area contributed by atoms with Gasteiger partial charge >= 0.3 is 0 Å². The molecule has 1 aromatic heterocycles. The zero-order chi connectivity index (χ0) is 12.8. The molecule has 4 nitrogen and oxygen atoms in total. The van der Waals surface area contributed by atoms with Crippen LogP contribution < -0.4 is 11.1 Å². The molecule has 0 bridgehead atoms. The summed E-state index contributed by atoms with van der Waals surface area (Å²) in [6.45, 7) is 5.95. The number of nitrogens with zero attached hydrogens (tertiary/aromatic N) is 1. The lowest BCUT2D eigenvalue weighted by Gasteiger charge is -2.17. The summed E-state index contributed by atoms with van der Waals surface area (Å²) in [6.07, 6.45) is 2.08. The zero-order valence-corrected chi connectivity index (χ0v) is 10.7. The standard InChI is InChI=1S/C13H21N3O/c1-9(2)11(14)8-13(17)16-10(3)12-6-4-5-7-15-12/h4-7,9-11H,8,14H2,1-3H3,(H,16,17)/t10-,11?/m1/s1. The molecule has 0 aromatic carbocycles. The average Bonchev–Trinajstić information content (AvgIpc) is 2.29. The molecule has 94 valence electrons. The highest BCUT2D eigenvalue weighted by atomic mass is 16.1. The molecule has 1 aromatic rings. The first kappa shape index (κ1) is 13.6. The van der Waals surface area contributed by atoms with Crippen LogP contribution in [0.3, 0.4) is 0 Å². The molecule has 0 saturated carbocycles. The van der Waals surface area contributed by atoms with E-state index in [1.807, 2.05) is 39.0 Å². The molecule has 0 aliphatic carbocycles. The van der Waals surface area contributed by atoms with Crippen LogP contribution in [0.2, 0.25) is 0 Å². The first-order valence-corrected chi connectivity index (χ1v) is 5.96. The summed E-state index contributed by atoms with van der Waals surface area (Å²) in [6, 6.07) is 5.49. The molecule has 1 unspecified atom stereocenters. The van der Waals surface area contributed by atoms with Crippen molar-refractivity contribution in [3.05, 3.63) is 30.1 Å². The van der Waals surface area contributed by atoms with Crippen LogP contribution in [0.1, 0.15) is 38.9 Å². The lowest BCUT2D eigenvalue weighted by molar-refractivity contribution is -0.122. The molecule has 3 N–H and O–H groups in total. The monoisotopic (exact) mass is 235 g/mol. The lowest BCUT2D eigenvalue weighted by atomic mass is 10.0. The first-order valence-electron chi connectivity index (χ1n) is 5.96. The van der Waals surface area contributed by atoms with Crippen molar-refractivity contribution in [2.24, 2.45) is 11.7 Å². The lowest BCUT2D eigenvalue weighted by Crippen LogP contribution is -2.36. The van der Waals surface area contributed by atoms with Crippen molar-refractivity contribution >= 4 is 5.91 Å². The van der Waals surface area contributed by atoms with Crippen LogP contribution in [-0.4, -0.2) is 16.9 Å². The van der Waals surface area contributed by atoms with E-state index in [0.717, 1.165) is 5.69 Å². The number of hydrogen-bond donors (Lipinski definition) is 2. The molecule has 0 radical (unpaired) electrons. The minimum Gasteiger partial charge on any atom is -0.348 e. The summed E-state index contributed by atoms with van der Waals surface area (Å²) >= 11 is 0. The summed E-state index contributed by atoms with van der Waals surface area (Å²) in [4.78, 5) is 15.9. The molecular formula is C13H21N3O. The Kier molecular flexibility index (Phi) is 5.10. The van der Waals surface area contributed by atoms with E-state index in [4.69, 9.17) is 5.73 Å². The first-order chi connectivity index (χ1) is 8.00. The summed E-state index contributed by atoms with van der Waals surface area (Å²) in [5.41, 5.74) is 6.72. The van der Waals surface area contributed by atoms with Crippen molar-refractivity contribution in [3.8, 4) is 0 Å². The van der Waals surface area contributed by atoms with Gasteiger partial charge in [-0.15, -0.1) is 0 Å². The Hall–Kier alpha value is -1.42. The summed E-state index contributed by atoms with van der Waals surface area (Å²) < 4.78 is 0. The zero-order valence-electron chi connectivity index (χ0n) is 10.7. The van der Waals surface area contributed by atoms with Gasteiger partial charge in [0.2, 0.25) is 5.91 Å². The van der Waals surface area contributed by atoms with Crippen LogP contribution in [0.4, 0.5) is 0 Å². The van der Waals surface area contributed by atoms with Crippen LogP contribution >= 0.6 is 0 Å². The van der Waals surface area contributed by atoms with Gasteiger partial charge in [0.05, 0.1) is 11.7 Å². The van der Waals surface area contributed by atoms with Crippen molar-refractivity contribution in [1.82, 2.24) is 10.3 Å². The normalized spacial score (nSPS) is 14.4. The van der Waals surface area contributed by atoms with Gasteiger partial charge < -0.3 is 11.1 Å². The maximum Gasteiger partial charge on any atom is 0.222 e. The summed E-state index contributed by atoms with van der Waals surface area (Å²) in [5.74, 6) is 0.287. The smallest absolute Gasteiger partial charge is 0.222 e. The Labute approximate surface area is 103 Å². The summed E-state index contributed by atoms with van der Waals surface area (Å²) in [7, 11) is 0. The molecule has 17 heavy (non-hydrogen) atoms. The minimum absolute atomic E-state index is 0.0237. The van der Waals surface area contributed by atoms with E-state index < -0.39 is 0 Å². The maximum atomic E-state index is 11.7. The molecule has 0 saturated heterocycles. The number of hydrogen-bond acceptors (Lipinski definition) is 3. The fourth-order valence-corrected chi connectivity index (χ4v) is 1.46. The quantitative estimate of drug-likeness (QED) is 0.815. The number of rotatable bonds is 5. The highest BCUT2D eigenvalue weighted by molar-refractivity contribution is 5.77. The van der Waals surface area contributed by atoms with Crippen molar-refractivity contribution in [2.45, 2.75) is 39.3 Å². The Morgan fingerprint density at radius 2 is 2.12 bits per heavy atom. The van der Waals surface area contributed by atoms with Gasteiger partial charge in [-0.05, 0) is 25.0 Å². The molecule has 0 spiro atoms. The molecular weight excluding hydrogens is 214 g/mol. The SMILES string of the molecule is CC(C)C(N)CC(=O)N[C@H](C)c1ccccn1. The molecule has 0 fully saturated rings. The average molecular weight is 235 g/mol. The predicted molar refractivity (Wildman–Crippen MR) is 68.2 cm³/mol. The van der Waals surface area contributed by atoms with E-state index in [-0.39, 0.29) is 18.0 Å². The third-order valence-corrected chi connectivity index (χ3v) is 2.79. The third kappa shape index (κ3) is 4.53. The fourth-order valence-electron chi connectivity index (χ4n) is 1.46. The van der Waals surface area contributed by atoms with Crippen molar-refractivity contribution in [3.63, 3.8) is 0 Å². The Morgan fingerprint density at radius 3 is 2.65 bits per heavy atom. The van der Waals surface area contributed by atoms with E-state index >= 15 is 0 Å². The fraction of sp³-hybridized carbons (Fsp3) is 0.538. The van der Waals surface area contributed by atoms with Gasteiger partial charge in [-0.25, -0.2) is 0 Å². The predicted octanol–water partition coefficient (Wildman–Crippen LogP) is 1.63. The molecule has 1 heterocycles. The minimum atomic E-state index is -0.0917. The molecule has 1 rings (SSSR count). The molecule has 4 heteroatoms. The van der Waals surface area contributed by atoms with Gasteiger partial charge in [-0.3, -0.25) is 9.78 Å². The van der Waals surface area contributed by atoms with Crippen LogP contribution in [0, 0.1) is 5.92 Å².